The fraction of sp³-hybridized carbons (Fsp3) is 0.235. The molecular weight excluding hydrogens is 266 g/mol. The van der Waals surface area contributed by atoms with Crippen molar-refractivity contribution in [1.29, 1.82) is 0 Å². The molecular formula is C17H17NO3. The van der Waals surface area contributed by atoms with Gasteiger partial charge in [0.05, 0.1) is 12.7 Å². The number of fused-ring (bicyclic) bond motifs is 1. The van der Waals surface area contributed by atoms with Gasteiger partial charge in [0, 0.05) is 6.04 Å². The quantitative estimate of drug-likeness (QED) is 0.908. The summed E-state index contributed by atoms with van der Waals surface area (Å²) in [6, 6.07) is 12.9. The molecule has 2 aromatic carbocycles. The number of ether oxygens (including phenoxy) is 1. The number of benzene rings is 2. The minimum absolute atomic E-state index is 0.0381. The third-order valence-corrected chi connectivity index (χ3v) is 3.83. The molecule has 2 N–H and O–H groups in total. The van der Waals surface area contributed by atoms with Gasteiger partial charge in [0.15, 0.2) is 0 Å². The van der Waals surface area contributed by atoms with Gasteiger partial charge in [0.1, 0.15) is 11.5 Å². The zero-order valence-electron chi connectivity index (χ0n) is 11.8. The fourth-order valence-corrected chi connectivity index (χ4v) is 2.75. The first kappa shape index (κ1) is 13.5. The molecule has 0 saturated heterocycles. The third-order valence-electron chi connectivity index (χ3n) is 3.83. The number of methoxy groups -OCH3 is 1. The molecule has 1 amide bonds. The highest BCUT2D eigenvalue weighted by atomic mass is 16.5. The van der Waals surface area contributed by atoms with Gasteiger partial charge in [-0.3, -0.25) is 4.79 Å². The van der Waals surface area contributed by atoms with E-state index in [1.165, 1.54) is 24.3 Å². The van der Waals surface area contributed by atoms with E-state index >= 15 is 0 Å². The van der Waals surface area contributed by atoms with Gasteiger partial charge in [-0.05, 0) is 42.2 Å². The smallest absolute Gasteiger partial charge is 0.255 e. The van der Waals surface area contributed by atoms with Gasteiger partial charge in [-0.25, -0.2) is 0 Å². The summed E-state index contributed by atoms with van der Waals surface area (Å²) in [6.07, 6.45) is 1.65. The Morgan fingerprint density at radius 1 is 1.19 bits per heavy atom. The van der Waals surface area contributed by atoms with Crippen LogP contribution in [-0.4, -0.2) is 24.2 Å². The summed E-state index contributed by atoms with van der Waals surface area (Å²) in [6.45, 7) is 0. The minimum atomic E-state index is -0.274. The Hall–Kier alpha value is -2.49. The van der Waals surface area contributed by atoms with Crippen molar-refractivity contribution in [2.75, 3.05) is 7.11 Å². The van der Waals surface area contributed by atoms with E-state index in [2.05, 4.69) is 17.4 Å². The lowest BCUT2D eigenvalue weighted by molar-refractivity contribution is 0.0935. The topological polar surface area (TPSA) is 58.6 Å². The second-order valence-corrected chi connectivity index (χ2v) is 5.23. The molecule has 0 bridgehead atoms. The van der Waals surface area contributed by atoms with E-state index in [4.69, 9.17) is 4.74 Å². The maximum absolute atomic E-state index is 12.3. The predicted molar refractivity (Wildman–Crippen MR) is 79.8 cm³/mol. The first-order valence-electron chi connectivity index (χ1n) is 6.92. The van der Waals surface area contributed by atoms with Crippen molar-refractivity contribution < 1.29 is 14.6 Å². The SMILES string of the molecule is COc1ccc(O)c(C(=O)NC2Cc3ccccc3C2)c1. The van der Waals surface area contributed by atoms with Crippen LogP contribution in [0.15, 0.2) is 42.5 Å². The second-order valence-electron chi connectivity index (χ2n) is 5.23. The standard InChI is InChI=1S/C17H17NO3/c1-21-14-6-7-16(19)15(10-14)17(20)18-13-8-11-4-2-3-5-12(11)9-13/h2-7,10,13,19H,8-9H2,1H3,(H,18,20). The molecule has 21 heavy (non-hydrogen) atoms. The normalized spacial score (nSPS) is 13.8. The van der Waals surface area contributed by atoms with Crippen molar-refractivity contribution in [2.24, 2.45) is 0 Å². The van der Waals surface area contributed by atoms with Crippen LogP contribution < -0.4 is 10.1 Å². The largest absolute Gasteiger partial charge is 0.507 e. The number of hydrogen-bond acceptors (Lipinski definition) is 3. The van der Waals surface area contributed by atoms with Crippen LogP contribution in [-0.2, 0) is 12.8 Å². The molecule has 3 rings (SSSR count). The predicted octanol–water partition coefficient (Wildman–Crippen LogP) is 2.30. The van der Waals surface area contributed by atoms with E-state index in [0.29, 0.717) is 5.75 Å². The Bertz CT molecular complexity index is 656. The molecule has 0 unspecified atom stereocenters. The van der Waals surface area contributed by atoms with Crippen LogP contribution in [0.4, 0.5) is 0 Å². The van der Waals surface area contributed by atoms with Gasteiger partial charge in [0.25, 0.3) is 5.91 Å². The average molecular weight is 283 g/mol. The molecule has 0 heterocycles. The molecule has 0 aromatic heterocycles. The Morgan fingerprint density at radius 3 is 2.48 bits per heavy atom. The molecule has 0 spiro atoms. The molecule has 4 heteroatoms. The number of amides is 1. The van der Waals surface area contributed by atoms with Gasteiger partial charge in [-0.2, -0.15) is 0 Å². The molecule has 1 aliphatic rings. The summed E-state index contributed by atoms with van der Waals surface area (Å²) in [7, 11) is 1.53. The molecule has 0 atom stereocenters. The zero-order chi connectivity index (χ0) is 14.8. The summed E-state index contributed by atoms with van der Waals surface area (Å²) >= 11 is 0. The monoisotopic (exact) mass is 283 g/mol. The Labute approximate surface area is 123 Å². The number of carbonyl (C=O) groups excluding carboxylic acids is 1. The zero-order valence-corrected chi connectivity index (χ0v) is 11.8. The second kappa shape index (κ2) is 5.48. The highest BCUT2D eigenvalue weighted by molar-refractivity contribution is 5.97. The van der Waals surface area contributed by atoms with E-state index in [9.17, 15) is 9.90 Å². The Morgan fingerprint density at radius 2 is 1.86 bits per heavy atom. The van der Waals surface area contributed by atoms with Crippen LogP contribution in [0, 0.1) is 0 Å². The molecule has 0 aliphatic heterocycles. The molecule has 2 aromatic rings. The van der Waals surface area contributed by atoms with Crippen LogP contribution in [0.25, 0.3) is 0 Å². The first-order chi connectivity index (χ1) is 10.2. The number of nitrogens with one attached hydrogen (secondary N) is 1. The number of phenols is 1. The summed E-state index contributed by atoms with van der Waals surface area (Å²) in [5.74, 6) is 0.237. The van der Waals surface area contributed by atoms with Gasteiger partial charge in [-0.15, -0.1) is 0 Å². The number of aromatic hydroxyl groups is 1. The average Bonchev–Trinajstić information content (AvgIpc) is 2.89. The van der Waals surface area contributed by atoms with Crippen LogP contribution >= 0.6 is 0 Å². The maximum atomic E-state index is 12.3. The molecule has 0 saturated carbocycles. The van der Waals surface area contributed by atoms with Crippen LogP contribution in [0.1, 0.15) is 21.5 Å². The molecule has 0 radical (unpaired) electrons. The van der Waals surface area contributed by atoms with E-state index in [1.54, 1.807) is 12.1 Å². The minimum Gasteiger partial charge on any atom is -0.507 e. The Balaban J connectivity index is 1.73. The summed E-state index contributed by atoms with van der Waals surface area (Å²) < 4.78 is 5.09. The van der Waals surface area contributed by atoms with Gasteiger partial charge < -0.3 is 15.2 Å². The van der Waals surface area contributed by atoms with Crippen LogP contribution in [0.5, 0.6) is 11.5 Å². The summed E-state index contributed by atoms with van der Waals surface area (Å²) in [5.41, 5.74) is 2.79. The fourth-order valence-electron chi connectivity index (χ4n) is 2.75. The Kier molecular flexibility index (Phi) is 3.52. The highest BCUT2D eigenvalue weighted by Gasteiger charge is 2.23. The number of phenolic OH excluding ortho intramolecular Hbond substituents is 1. The number of carbonyl (C=O) groups is 1. The van der Waals surface area contributed by atoms with E-state index in [-0.39, 0.29) is 23.3 Å². The lowest BCUT2D eigenvalue weighted by Crippen LogP contribution is -2.35. The van der Waals surface area contributed by atoms with E-state index in [1.807, 2.05) is 12.1 Å². The first-order valence-corrected chi connectivity index (χ1v) is 6.92. The van der Waals surface area contributed by atoms with Crippen molar-refractivity contribution in [1.82, 2.24) is 5.32 Å². The third kappa shape index (κ3) is 2.70. The van der Waals surface area contributed by atoms with Crippen molar-refractivity contribution in [3.05, 3.63) is 59.2 Å². The van der Waals surface area contributed by atoms with Gasteiger partial charge in [-0.1, -0.05) is 24.3 Å². The molecule has 0 fully saturated rings. The van der Waals surface area contributed by atoms with Crippen molar-refractivity contribution >= 4 is 5.91 Å². The van der Waals surface area contributed by atoms with Crippen molar-refractivity contribution in [3.63, 3.8) is 0 Å². The van der Waals surface area contributed by atoms with E-state index in [0.717, 1.165) is 12.8 Å². The van der Waals surface area contributed by atoms with Crippen molar-refractivity contribution in [2.45, 2.75) is 18.9 Å². The maximum Gasteiger partial charge on any atom is 0.255 e. The van der Waals surface area contributed by atoms with Gasteiger partial charge in [0.2, 0.25) is 0 Å². The highest BCUT2D eigenvalue weighted by Crippen LogP contribution is 2.25. The lowest BCUT2D eigenvalue weighted by Gasteiger charge is -2.13. The number of hydrogen-bond donors (Lipinski definition) is 2. The number of rotatable bonds is 3. The van der Waals surface area contributed by atoms with Crippen molar-refractivity contribution in [3.8, 4) is 11.5 Å². The van der Waals surface area contributed by atoms with Gasteiger partial charge >= 0.3 is 0 Å². The van der Waals surface area contributed by atoms with Crippen LogP contribution in [0.2, 0.25) is 0 Å². The van der Waals surface area contributed by atoms with Crippen LogP contribution in [0.3, 0.4) is 0 Å². The summed E-state index contributed by atoms with van der Waals surface area (Å²) in [5, 5.41) is 12.8. The molecule has 108 valence electrons. The lowest BCUT2D eigenvalue weighted by atomic mass is 10.1. The molecule has 1 aliphatic carbocycles. The summed E-state index contributed by atoms with van der Waals surface area (Å²) in [4.78, 5) is 12.3. The molecule has 4 nitrogen and oxygen atoms in total. The van der Waals surface area contributed by atoms with E-state index < -0.39 is 0 Å².